The van der Waals surface area contributed by atoms with E-state index >= 15 is 0 Å². The van der Waals surface area contributed by atoms with Crippen LogP contribution in [-0.2, 0) is 19.5 Å². The minimum Gasteiger partial charge on any atom is -0.396 e. The fourth-order valence-corrected chi connectivity index (χ4v) is 4.77. The highest BCUT2D eigenvalue weighted by Gasteiger charge is 2.15. The van der Waals surface area contributed by atoms with Crippen molar-refractivity contribution >= 4 is 51.3 Å². The third-order valence-corrected chi connectivity index (χ3v) is 6.51. The predicted octanol–water partition coefficient (Wildman–Crippen LogP) is 5.35. The molecule has 0 unspecified atom stereocenters. The summed E-state index contributed by atoms with van der Waals surface area (Å²) in [5, 5.41) is 13.6. The molecule has 0 spiro atoms. The number of fused-ring (bicyclic) bond motifs is 1. The SMILES string of the molecule is CCn1cc(C(=O)NCc2ccc(Cl)cc2)c(=S)c2cc(CCCCO)sc21. The number of rotatable bonds is 8. The molecule has 7 heteroatoms. The quantitative estimate of drug-likeness (QED) is 0.371. The van der Waals surface area contributed by atoms with Crippen molar-refractivity contribution in [3.05, 3.63) is 62.1 Å². The molecule has 0 bridgehead atoms. The number of thiophene rings is 1. The lowest BCUT2D eigenvalue weighted by Gasteiger charge is -2.10. The van der Waals surface area contributed by atoms with Crippen LogP contribution in [0.4, 0.5) is 0 Å². The summed E-state index contributed by atoms with van der Waals surface area (Å²) in [4.78, 5) is 15.1. The van der Waals surface area contributed by atoms with E-state index in [-0.39, 0.29) is 12.5 Å². The number of unbranched alkanes of at least 4 members (excludes halogenated alkanes) is 1. The van der Waals surface area contributed by atoms with Crippen molar-refractivity contribution in [3.8, 4) is 0 Å². The Bertz CT molecular complexity index is 1030. The van der Waals surface area contributed by atoms with Crippen molar-refractivity contribution in [1.29, 1.82) is 0 Å². The summed E-state index contributed by atoms with van der Waals surface area (Å²) in [6, 6.07) is 9.50. The highest BCUT2D eigenvalue weighted by atomic mass is 35.5. The molecule has 148 valence electrons. The van der Waals surface area contributed by atoms with Gasteiger partial charge in [0, 0.05) is 41.2 Å². The van der Waals surface area contributed by atoms with Gasteiger partial charge in [-0.05, 0) is 49.9 Å². The number of pyridine rings is 1. The van der Waals surface area contributed by atoms with Crippen LogP contribution in [0.25, 0.3) is 10.2 Å². The molecule has 3 aromatic rings. The van der Waals surface area contributed by atoms with Gasteiger partial charge >= 0.3 is 0 Å². The minimum atomic E-state index is -0.169. The monoisotopic (exact) mass is 434 g/mol. The number of halogens is 1. The number of aliphatic hydroxyl groups excluding tert-OH is 1. The maximum absolute atomic E-state index is 12.8. The average Bonchev–Trinajstić information content (AvgIpc) is 3.13. The van der Waals surface area contributed by atoms with E-state index in [2.05, 4.69) is 22.9 Å². The molecule has 0 radical (unpaired) electrons. The second-order valence-corrected chi connectivity index (χ2v) is 8.54. The summed E-state index contributed by atoms with van der Waals surface area (Å²) in [7, 11) is 0. The summed E-state index contributed by atoms with van der Waals surface area (Å²) < 4.78 is 2.68. The van der Waals surface area contributed by atoms with Crippen LogP contribution in [0.1, 0.15) is 40.6 Å². The van der Waals surface area contributed by atoms with Crippen LogP contribution in [0.2, 0.25) is 5.02 Å². The molecule has 0 aliphatic rings. The summed E-state index contributed by atoms with van der Waals surface area (Å²) in [5.74, 6) is -0.169. The highest BCUT2D eigenvalue weighted by Crippen LogP contribution is 2.29. The second-order valence-electron chi connectivity index (χ2n) is 6.58. The zero-order valence-electron chi connectivity index (χ0n) is 15.7. The van der Waals surface area contributed by atoms with E-state index < -0.39 is 0 Å². The van der Waals surface area contributed by atoms with Crippen molar-refractivity contribution in [2.24, 2.45) is 0 Å². The lowest BCUT2D eigenvalue weighted by Crippen LogP contribution is -2.24. The molecule has 2 aromatic heterocycles. The first-order valence-corrected chi connectivity index (χ1v) is 10.9. The molecule has 0 aliphatic carbocycles. The third kappa shape index (κ3) is 4.81. The summed E-state index contributed by atoms with van der Waals surface area (Å²) in [6.07, 6.45) is 4.50. The predicted molar refractivity (Wildman–Crippen MR) is 119 cm³/mol. The van der Waals surface area contributed by atoms with Crippen LogP contribution in [0, 0.1) is 4.51 Å². The Morgan fingerprint density at radius 3 is 2.71 bits per heavy atom. The molecule has 4 nitrogen and oxygen atoms in total. The molecule has 0 saturated carbocycles. The van der Waals surface area contributed by atoms with Gasteiger partial charge in [-0.15, -0.1) is 11.3 Å². The topological polar surface area (TPSA) is 54.3 Å². The molecule has 0 saturated heterocycles. The van der Waals surface area contributed by atoms with Gasteiger partial charge in [-0.1, -0.05) is 36.0 Å². The van der Waals surface area contributed by atoms with Crippen LogP contribution in [0.3, 0.4) is 0 Å². The molecular formula is C21H23ClN2O2S2. The van der Waals surface area contributed by atoms with E-state index in [9.17, 15) is 4.79 Å². The van der Waals surface area contributed by atoms with E-state index in [4.69, 9.17) is 28.9 Å². The van der Waals surface area contributed by atoms with E-state index in [0.29, 0.717) is 21.6 Å². The summed E-state index contributed by atoms with van der Waals surface area (Å²) >= 11 is 13.3. The fourth-order valence-electron chi connectivity index (χ4n) is 3.04. The van der Waals surface area contributed by atoms with Gasteiger partial charge in [-0.25, -0.2) is 0 Å². The van der Waals surface area contributed by atoms with E-state index in [1.165, 1.54) is 4.88 Å². The lowest BCUT2D eigenvalue weighted by molar-refractivity contribution is 0.0950. The minimum absolute atomic E-state index is 0.169. The van der Waals surface area contributed by atoms with E-state index in [1.54, 1.807) is 11.3 Å². The molecule has 1 amide bonds. The summed E-state index contributed by atoms with van der Waals surface area (Å²) in [6.45, 7) is 3.46. The maximum atomic E-state index is 12.8. The normalized spacial score (nSPS) is 11.1. The van der Waals surface area contributed by atoms with Crippen molar-refractivity contribution in [2.75, 3.05) is 6.61 Å². The number of carbonyl (C=O) groups excluding carboxylic acids is 1. The van der Waals surface area contributed by atoms with Gasteiger partial charge in [0.15, 0.2) is 0 Å². The highest BCUT2D eigenvalue weighted by molar-refractivity contribution is 7.71. The van der Waals surface area contributed by atoms with Gasteiger partial charge in [0.2, 0.25) is 0 Å². The van der Waals surface area contributed by atoms with Gasteiger partial charge in [0.1, 0.15) is 4.83 Å². The molecule has 1 aromatic carbocycles. The number of carbonyl (C=O) groups is 1. The number of aliphatic hydroxyl groups is 1. The molecule has 0 aliphatic heterocycles. The zero-order valence-corrected chi connectivity index (χ0v) is 18.1. The molecular weight excluding hydrogens is 412 g/mol. The number of nitrogens with zero attached hydrogens (tertiary/aromatic N) is 1. The first-order valence-electron chi connectivity index (χ1n) is 9.32. The maximum Gasteiger partial charge on any atom is 0.254 e. The van der Waals surface area contributed by atoms with E-state index in [1.807, 2.05) is 30.5 Å². The van der Waals surface area contributed by atoms with Gasteiger partial charge in [-0.3, -0.25) is 4.79 Å². The molecule has 0 atom stereocenters. The summed E-state index contributed by atoms with van der Waals surface area (Å²) in [5.41, 5.74) is 1.51. The van der Waals surface area contributed by atoms with Crippen LogP contribution < -0.4 is 5.32 Å². The third-order valence-electron chi connectivity index (χ3n) is 4.58. The van der Waals surface area contributed by atoms with Crippen LogP contribution in [0.15, 0.2) is 36.5 Å². The van der Waals surface area contributed by atoms with E-state index in [0.717, 1.165) is 41.6 Å². The first-order chi connectivity index (χ1) is 13.5. The number of hydrogen-bond donors (Lipinski definition) is 2. The zero-order chi connectivity index (χ0) is 20.1. The van der Waals surface area contributed by atoms with Crippen molar-refractivity contribution < 1.29 is 9.90 Å². The molecule has 0 fully saturated rings. The number of hydrogen-bond acceptors (Lipinski definition) is 4. The van der Waals surface area contributed by atoms with Gasteiger partial charge < -0.3 is 15.0 Å². The van der Waals surface area contributed by atoms with Crippen LogP contribution in [0.5, 0.6) is 0 Å². The Balaban J connectivity index is 1.85. The van der Waals surface area contributed by atoms with Gasteiger partial charge in [0.05, 0.1) is 10.1 Å². The number of nitrogens with one attached hydrogen (secondary N) is 1. The molecule has 3 rings (SSSR count). The number of amides is 1. The average molecular weight is 435 g/mol. The second kappa shape index (κ2) is 9.65. The molecule has 2 N–H and O–H groups in total. The Hall–Kier alpha value is -1.73. The molecule has 28 heavy (non-hydrogen) atoms. The van der Waals surface area contributed by atoms with Crippen molar-refractivity contribution in [3.63, 3.8) is 0 Å². The Morgan fingerprint density at radius 1 is 1.29 bits per heavy atom. The Morgan fingerprint density at radius 2 is 2.04 bits per heavy atom. The van der Waals surface area contributed by atoms with Crippen molar-refractivity contribution in [1.82, 2.24) is 9.88 Å². The van der Waals surface area contributed by atoms with Gasteiger partial charge in [-0.2, -0.15) is 0 Å². The van der Waals surface area contributed by atoms with Crippen molar-refractivity contribution in [2.45, 2.75) is 39.3 Å². The number of benzene rings is 1. The number of aryl methyl sites for hydroxylation is 2. The van der Waals surface area contributed by atoms with Crippen LogP contribution >= 0.6 is 35.2 Å². The lowest BCUT2D eigenvalue weighted by atomic mass is 10.1. The number of aromatic nitrogens is 1. The van der Waals surface area contributed by atoms with Gasteiger partial charge in [0.25, 0.3) is 5.91 Å². The first kappa shape index (κ1) is 21.0. The Labute approximate surface area is 178 Å². The van der Waals surface area contributed by atoms with Crippen LogP contribution in [-0.4, -0.2) is 22.2 Å². The molecule has 2 heterocycles. The smallest absolute Gasteiger partial charge is 0.254 e. The fraction of sp³-hybridized carbons (Fsp3) is 0.333. The largest absolute Gasteiger partial charge is 0.396 e. The Kier molecular flexibility index (Phi) is 7.24. The standard InChI is InChI=1S/C21H23ClN2O2S2/c1-2-24-13-18(20(26)23-12-14-6-8-15(22)9-7-14)19(27)17-11-16(28-21(17)24)5-3-4-10-25/h6-9,11,13,25H,2-5,10,12H2,1H3,(H,23,26).